The first kappa shape index (κ1) is 22.5. The number of aliphatic hydroxyl groups excluding tert-OH is 1. The molecule has 9 heteroatoms. The van der Waals surface area contributed by atoms with E-state index in [1.807, 2.05) is 36.9 Å². The van der Waals surface area contributed by atoms with Crippen molar-refractivity contribution in [2.45, 2.75) is 45.0 Å². The summed E-state index contributed by atoms with van der Waals surface area (Å²) in [5.74, 6) is -3.83. The maximum absolute atomic E-state index is 16.4. The normalized spacial score (nSPS) is 26.3. The van der Waals surface area contributed by atoms with Crippen molar-refractivity contribution < 1.29 is 19.1 Å². The molecule has 2 aromatic rings. The molecule has 4 heterocycles. The number of fused-ring (bicyclic) bond motifs is 1. The van der Waals surface area contributed by atoms with Gasteiger partial charge in [-0.2, -0.15) is 0 Å². The highest BCUT2D eigenvalue weighted by Crippen LogP contribution is 2.61. The molecule has 5 rings (SSSR count). The first-order valence-corrected chi connectivity index (χ1v) is 11.6. The van der Waals surface area contributed by atoms with Gasteiger partial charge in [0.1, 0.15) is 0 Å². The number of carbonyl (C=O) groups is 2. The zero-order chi connectivity index (χ0) is 24.2. The molecule has 0 aromatic carbocycles. The molecule has 4 atom stereocenters. The van der Waals surface area contributed by atoms with E-state index in [-0.39, 0.29) is 0 Å². The van der Waals surface area contributed by atoms with Crippen LogP contribution in [0.25, 0.3) is 6.08 Å². The highest BCUT2D eigenvalue weighted by Gasteiger charge is 2.77. The molecular formula is C25H28FN5O3. The molecule has 2 aromatic heterocycles. The van der Waals surface area contributed by atoms with Gasteiger partial charge in [0.2, 0.25) is 11.6 Å². The summed E-state index contributed by atoms with van der Waals surface area (Å²) in [6.45, 7) is 5.04. The van der Waals surface area contributed by atoms with Crippen molar-refractivity contribution in [3.05, 3.63) is 58.8 Å². The van der Waals surface area contributed by atoms with Crippen LogP contribution < -0.4 is 10.6 Å². The molecule has 2 aliphatic heterocycles. The summed E-state index contributed by atoms with van der Waals surface area (Å²) in [4.78, 5) is 37.6. The van der Waals surface area contributed by atoms with Crippen LogP contribution in [0.5, 0.6) is 0 Å². The maximum Gasteiger partial charge on any atom is 0.261 e. The van der Waals surface area contributed by atoms with Crippen molar-refractivity contribution in [2.75, 3.05) is 18.0 Å². The van der Waals surface area contributed by atoms with E-state index in [9.17, 15) is 14.7 Å². The van der Waals surface area contributed by atoms with Crippen LogP contribution in [-0.2, 0) is 16.1 Å². The fourth-order valence-corrected chi connectivity index (χ4v) is 5.16. The number of alkyl halides is 1. The van der Waals surface area contributed by atoms with Crippen molar-refractivity contribution >= 4 is 23.6 Å². The molecule has 1 saturated heterocycles. The van der Waals surface area contributed by atoms with E-state index < -0.39 is 35.4 Å². The number of hydrogen-bond donors (Lipinski definition) is 2. The Balaban J connectivity index is 1.66. The Bertz CT molecular complexity index is 1200. The average molecular weight is 466 g/mol. The van der Waals surface area contributed by atoms with Gasteiger partial charge in [0, 0.05) is 31.2 Å². The second kappa shape index (κ2) is 8.16. The van der Waals surface area contributed by atoms with E-state index in [1.165, 1.54) is 4.90 Å². The fourth-order valence-electron chi connectivity index (χ4n) is 5.16. The van der Waals surface area contributed by atoms with Crippen LogP contribution in [0, 0.1) is 18.8 Å². The van der Waals surface area contributed by atoms with Gasteiger partial charge in [0.25, 0.3) is 5.91 Å². The molecule has 178 valence electrons. The Hall–Kier alpha value is -3.33. The zero-order valence-electron chi connectivity index (χ0n) is 19.2. The predicted molar refractivity (Wildman–Crippen MR) is 124 cm³/mol. The van der Waals surface area contributed by atoms with Crippen molar-refractivity contribution in [3.63, 3.8) is 0 Å². The van der Waals surface area contributed by atoms with Gasteiger partial charge in [-0.25, -0.2) is 4.39 Å². The van der Waals surface area contributed by atoms with Gasteiger partial charge in [-0.1, -0.05) is 13.0 Å². The minimum Gasteiger partial charge on any atom is -0.387 e. The molecule has 4 unspecified atom stereocenters. The van der Waals surface area contributed by atoms with Crippen LogP contribution in [0.4, 0.5) is 10.1 Å². The Labute approximate surface area is 197 Å². The monoisotopic (exact) mass is 465 g/mol. The summed E-state index contributed by atoms with van der Waals surface area (Å²) in [7, 11) is 0. The maximum atomic E-state index is 16.4. The van der Waals surface area contributed by atoms with E-state index >= 15 is 4.39 Å². The second-order valence-electron chi connectivity index (χ2n) is 9.26. The minimum absolute atomic E-state index is 0.334. The predicted octanol–water partition coefficient (Wildman–Crippen LogP) is 2.26. The van der Waals surface area contributed by atoms with Gasteiger partial charge in [0.15, 0.2) is 0 Å². The fraction of sp³-hybridized carbons (Fsp3) is 0.440. The third-order valence-electron chi connectivity index (χ3n) is 7.20. The first-order chi connectivity index (χ1) is 16.3. The number of amides is 2. The lowest BCUT2D eigenvalue weighted by atomic mass is 9.98. The van der Waals surface area contributed by atoms with Crippen LogP contribution in [-0.4, -0.2) is 50.5 Å². The van der Waals surface area contributed by atoms with Crippen LogP contribution in [0.1, 0.15) is 48.4 Å². The number of nitrogens with zero attached hydrogens (tertiary/aromatic N) is 4. The number of carbonyl (C=O) groups excluding carboxylic acids is 2. The van der Waals surface area contributed by atoms with Gasteiger partial charge in [-0.3, -0.25) is 19.6 Å². The summed E-state index contributed by atoms with van der Waals surface area (Å²) in [5.41, 5.74) is 7.17. The molecular weight excluding hydrogens is 437 g/mol. The summed E-state index contributed by atoms with van der Waals surface area (Å²) in [6, 6.07) is 5.57. The lowest BCUT2D eigenvalue weighted by molar-refractivity contribution is -0.144. The number of hydrogen-bond acceptors (Lipinski definition) is 6. The number of rotatable bonds is 6. The van der Waals surface area contributed by atoms with Crippen LogP contribution in [0.3, 0.4) is 0 Å². The van der Waals surface area contributed by atoms with Gasteiger partial charge in [-0.05, 0) is 49.1 Å². The average Bonchev–Trinajstić information content (AvgIpc) is 3.43. The summed E-state index contributed by atoms with van der Waals surface area (Å²) in [5, 5.41) is 10.7. The highest BCUT2D eigenvalue weighted by atomic mass is 19.1. The van der Waals surface area contributed by atoms with Gasteiger partial charge in [-0.15, -0.1) is 0 Å². The number of anilines is 1. The number of nitrogens with two attached hydrogens (primary N) is 1. The molecule has 2 fully saturated rings. The molecule has 0 bridgehead atoms. The molecule has 2 amide bonds. The molecule has 1 saturated carbocycles. The third kappa shape index (κ3) is 3.29. The van der Waals surface area contributed by atoms with Crippen LogP contribution in [0.2, 0.25) is 0 Å². The Morgan fingerprint density at radius 2 is 2.06 bits per heavy atom. The van der Waals surface area contributed by atoms with E-state index in [1.54, 1.807) is 18.5 Å². The molecule has 8 nitrogen and oxygen atoms in total. The van der Waals surface area contributed by atoms with Gasteiger partial charge < -0.3 is 20.6 Å². The lowest BCUT2D eigenvalue weighted by Gasteiger charge is -2.36. The lowest BCUT2D eigenvalue weighted by Crippen LogP contribution is -2.49. The van der Waals surface area contributed by atoms with Crippen molar-refractivity contribution in [1.29, 1.82) is 0 Å². The second-order valence-corrected chi connectivity index (χ2v) is 9.26. The Morgan fingerprint density at radius 1 is 1.29 bits per heavy atom. The number of pyridine rings is 2. The van der Waals surface area contributed by atoms with Crippen molar-refractivity contribution in [3.8, 4) is 0 Å². The van der Waals surface area contributed by atoms with Crippen LogP contribution in [0.15, 0.2) is 36.3 Å². The summed E-state index contributed by atoms with van der Waals surface area (Å²) in [6.07, 6.45) is 5.45. The quantitative estimate of drug-likeness (QED) is 0.677. The summed E-state index contributed by atoms with van der Waals surface area (Å²) < 4.78 is 16.4. The van der Waals surface area contributed by atoms with E-state index in [0.717, 1.165) is 17.5 Å². The molecule has 1 aliphatic carbocycles. The molecule has 3 aliphatic rings. The number of halogens is 1. The topological polar surface area (TPSA) is 113 Å². The van der Waals surface area contributed by atoms with Gasteiger partial charge in [0.05, 0.1) is 41.6 Å². The van der Waals surface area contributed by atoms with E-state index in [0.29, 0.717) is 48.8 Å². The largest absolute Gasteiger partial charge is 0.387 e. The Kier molecular flexibility index (Phi) is 5.39. The third-order valence-corrected chi connectivity index (χ3v) is 7.20. The van der Waals surface area contributed by atoms with E-state index in [4.69, 9.17) is 5.73 Å². The summed E-state index contributed by atoms with van der Waals surface area (Å²) >= 11 is 0. The highest BCUT2D eigenvalue weighted by molar-refractivity contribution is 6.01. The standard InChI is InChI=1S/C25H28FN5O3/c1-3-18(32)21-22(14(2)7-9-29-21)31-13-15-6-4-8-28-16(15)12-17(31)19-20(23(27)33)25(19,26)24(34)30-10-5-11-30/h4,6-9,12,18-20,32H,3,5,10-11,13H2,1-2H3,(H2,27,33). The number of primary amides is 1. The van der Waals surface area contributed by atoms with Crippen LogP contribution >= 0.6 is 0 Å². The van der Waals surface area contributed by atoms with Crippen molar-refractivity contribution in [1.82, 2.24) is 14.9 Å². The number of likely N-dealkylation sites (tertiary alicyclic amines) is 1. The number of aryl methyl sites for hydroxylation is 1. The molecule has 0 spiro atoms. The van der Waals surface area contributed by atoms with Gasteiger partial charge >= 0.3 is 0 Å². The molecule has 3 N–H and O–H groups in total. The smallest absolute Gasteiger partial charge is 0.261 e. The SMILES string of the molecule is CCC(O)c1nccc(C)c1N1Cc2cccnc2C=C1C1C(C(N)=O)C1(F)C(=O)N1CCC1. The Morgan fingerprint density at radius 3 is 2.71 bits per heavy atom. The van der Waals surface area contributed by atoms with Crippen molar-refractivity contribution in [2.24, 2.45) is 17.6 Å². The minimum atomic E-state index is -2.40. The number of aliphatic hydroxyl groups is 1. The van der Waals surface area contributed by atoms with E-state index in [2.05, 4.69) is 9.97 Å². The number of allylic oxidation sites excluding steroid dienone is 1. The molecule has 34 heavy (non-hydrogen) atoms. The molecule has 0 radical (unpaired) electrons. The number of aromatic nitrogens is 2. The first-order valence-electron chi connectivity index (χ1n) is 11.6. The zero-order valence-corrected chi connectivity index (χ0v) is 19.2.